The van der Waals surface area contributed by atoms with Crippen molar-refractivity contribution in [1.82, 2.24) is 9.97 Å². The highest BCUT2D eigenvalue weighted by molar-refractivity contribution is 6.24. The standard InChI is InChI=1S/C21H13N3O2/c25-19-9-18(21(26)17-10-22-11-23-20(17)19)24-14-5-6-16-13(8-14)7-12-3-1-2-4-15(12)16/h1-6,8-11,24H,7H2. The van der Waals surface area contributed by atoms with E-state index < -0.39 is 0 Å². The van der Waals surface area contributed by atoms with Crippen LogP contribution in [-0.2, 0) is 6.42 Å². The van der Waals surface area contributed by atoms with Crippen LogP contribution in [0.1, 0.15) is 32.0 Å². The predicted molar refractivity (Wildman–Crippen MR) is 97.1 cm³/mol. The Morgan fingerprint density at radius 1 is 0.923 bits per heavy atom. The molecule has 0 aliphatic heterocycles. The molecule has 3 aromatic rings. The molecule has 0 radical (unpaired) electrons. The number of benzene rings is 2. The largest absolute Gasteiger partial charge is 0.352 e. The molecule has 5 nitrogen and oxygen atoms in total. The van der Waals surface area contributed by atoms with Crippen LogP contribution in [0.4, 0.5) is 5.69 Å². The Labute approximate surface area is 149 Å². The molecular formula is C21H13N3O2. The molecule has 0 bridgehead atoms. The van der Waals surface area contributed by atoms with Crippen molar-refractivity contribution in [2.24, 2.45) is 0 Å². The van der Waals surface area contributed by atoms with Crippen molar-refractivity contribution in [3.8, 4) is 11.1 Å². The fourth-order valence-corrected chi connectivity index (χ4v) is 3.57. The lowest BCUT2D eigenvalue weighted by Crippen LogP contribution is -2.22. The number of anilines is 1. The second-order valence-corrected chi connectivity index (χ2v) is 6.37. The summed E-state index contributed by atoms with van der Waals surface area (Å²) in [5, 5.41) is 3.09. The van der Waals surface area contributed by atoms with Crippen molar-refractivity contribution >= 4 is 17.3 Å². The maximum Gasteiger partial charge on any atom is 0.213 e. The van der Waals surface area contributed by atoms with Crippen molar-refractivity contribution < 1.29 is 9.59 Å². The van der Waals surface area contributed by atoms with Gasteiger partial charge in [-0.3, -0.25) is 9.59 Å². The molecular weight excluding hydrogens is 326 g/mol. The van der Waals surface area contributed by atoms with Gasteiger partial charge in [-0.25, -0.2) is 9.97 Å². The summed E-state index contributed by atoms with van der Waals surface area (Å²) in [4.78, 5) is 32.6. The van der Waals surface area contributed by atoms with Gasteiger partial charge in [-0.15, -0.1) is 0 Å². The van der Waals surface area contributed by atoms with Gasteiger partial charge >= 0.3 is 0 Å². The lowest BCUT2D eigenvalue weighted by molar-refractivity contribution is 0.0981. The van der Waals surface area contributed by atoms with E-state index in [9.17, 15) is 9.59 Å². The molecule has 2 aliphatic rings. The Balaban J connectivity index is 1.48. The quantitative estimate of drug-likeness (QED) is 0.606. The monoisotopic (exact) mass is 339 g/mol. The van der Waals surface area contributed by atoms with E-state index in [-0.39, 0.29) is 28.5 Å². The highest BCUT2D eigenvalue weighted by Crippen LogP contribution is 2.37. The molecule has 2 aromatic carbocycles. The van der Waals surface area contributed by atoms with E-state index >= 15 is 0 Å². The van der Waals surface area contributed by atoms with Crippen LogP contribution < -0.4 is 5.32 Å². The van der Waals surface area contributed by atoms with Gasteiger partial charge in [-0.05, 0) is 40.8 Å². The summed E-state index contributed by atoms with van der Waals surface area (Å²) in [6, 6.07) is 14.3. The fourth-order valence-electron chi connectivity index (χ4n) is 3.57. The number of ketones is 2. The van der Waals surface area contributed by atoms with Gasteiger partial charge in [0.2, 0.25) is 11.6 Å². The first-order valence-corrected chi connectivity index (χ1v) is 8.29. The number of Topliss-reactive ketones (excluding diaryl/α,β-unsaturated/α-hetero) is 1. The average Bonchev–Trinajstić information content (AvgIpc) is 3.04. The number of rotatable bonds is 2. The van der Waals surface area contributed by atoms with Gasteiger partial charge in [0.05, 0.1) is 11.3 Å². The smallest absolute Gasteiger partial charge is 0.213 e. The van der Waals surface area contributed by atoms with Crippen LogP contribution in [0, 0.1) is 0 Å². The molecule has 5 heteroatoms. The van der Waals surface area contributed by atoms with Crippen LogP contribution in [0.25, 0.3) is 11.1 Å². The zero-order valence-corrected chi connectivity index (χ0v) is 13.7. The van der Waals surface area contributed by atoms with E-state index in [2.05, 4.69) is 33.5 Å². The van der Waals surface area contributed by atoms with E-state index in [4.69, 9.17) is 0 Å². The first kappa shape index (κ1) is 14.7. The van der Waals surface area contributed by atoms with Crippen molar-refractivity contribution in [2.45, 2.75) is 6.42 Å². The van der Waals surface area contributed by atoms with E-state index in [0.717, 1.165) is 12.1 Å². The minimum Gasteiger partial charge on any atom is -0.352 e. The number of hydrogen-bond acceptors (Lipinski definition) is 5. The lowest BCUT2D eigenvalue weighted by Gasteiger charge is -2.16. The first-order valence-electron chi connectivity index (χ1n) is 8.29. The number of aromatic nitrogens is 2. The summed E-state index contributed by atoms with van der Waals surface area (Å²) in [5.41, 5.74) is 6.38. The van der Waals surface area contributed by atoms with Crippen LogP contribution in [0.3, 0.4) is 0 Å². The Hall–Kier alpha value is -3.60. The van der Waals surface area contributed by atoms with Gasteiger partial charge in [-0.2, -0.15) is 0 Å². The number of hydrogen-bond donors (Lipinski definition) is 1. The summed E-state index contributed by atoms with van der Waals surface area (Å²) in [7, 11) is 0. The molecule has 1 aromatic heterocycles. The topological polar surface area (TPSA) is 72.0 Å². The highest BCUT2D eigenvalue weighted by atomic mass is 16.1. The van der Waals surface area contributed by atoms with E-state index in [1.54, 1.807) is 0 Å². The predicted octanol–water partition coefficient (Wildman–Crippen LogP) is 3.42. The number of allylic oxidation sites excluding steroid dienone is 2. The fraction of sp³-hybridized carbons (Fsp3) is 0.0476. The minimum atomic E-state index is -0.293. The molecule has 0 atom stereocenters. The minimum absolute atomic E-state index is 0.153. The zero-order chi connectivity index (χ0) is 17.7. The number of nitrogens with zero attached hydrogens (tertiary/aromatic N) is 2. The molecule has 2 aliphatic carbocycles. The third-order valence-corrected chi connectivity index (χ3v) is 4.78. The average molecular weight is 339 g/mol. The van der Waals surface area contributed by atoms with Gasteiger partial charge in [0.15, 0.2) is 0 Å². The summed E-state index contributed by atoms with van der Waals surface area (Å²) in [6.07, 6.45) is 4.83. The van der Waals surface area contributed by atoms with Crippen LogP contribution >= 0.6 is 0 Å². The number of carbonyl (C=O) groups excluding carboxylic acids is 2. The number of fused-ring (bicyclic) bond motifs is 4. The summed E-state index contributed by atoms with van der Waals surface area (Å²) >= 11 is 0. The van der Waals surface area contributed by atoms with Gasteiger partial charge in [-0.1, -0.05) is 30.3 Å². The summed E-state index contributed by atoms with van der Waals surface area (Å²) in [6.45, 7) is 0. The molecule has 1 heterocycles. The molecule has 0 unspecified atom stereocenters. The SMILES string of the molecule is O=C1C(Nc2ccc3c(c2)Cc2ccccc2-3)=CC(=O)c2ncncc21. The van der Waals surface area contributed by atoms with Crippen molar-refractivity contribution in [1.29, 1.82) is 0 Å². The van der Waals surface area contributed by atoms with Gasteiger partial charge in [0, 0.05) is 18.0 Å². The number of nitrogens with one attached hydrogen (secondary N) is 1. The van der Waals surface area contributed by atoms with Gasteiger partial charge in [0.1, 0.15) is 12.0 Å². The Bertz CT molecular complexity index is 1130. The summed E-state index contributed by atoms with van der Waals surface area (Å²) < 4.78 is 0. The Morgan fingerprint density at radius 3 is 2.69 bits per heavy atom. The van der Waals surface area contributed by atoms with Gasteiger partial charge in [0.25, 0.3) is 0 Å². The maximum absolute atomic E-state index is 12.6. The van der Waals surface area contributed by atoms with Crippen LogP contribution in [0.5, 0.6) is 0 Å². The van der Waals surface area contributed by atoms with Crippen LogP contribution in [0.15, 0.2) is 66.8 Å². The molecule has 26 heavy (non-hydrogen) atoms. The van der Waals surface area contributed by atoms with Crippen LogP contribution in [-0.4, -0.2) is 21.5 Å². The summed E-state index contributed by atoms with van der Waals surface area (Å²) in [5.74, 6) is -0.568. The molecule has 0 saturated carbocycles. The van der Waals surface area contributed by atoms with Crippen molar-refractivity contribution in [3.63, 3.8) is 0 Å². The second kappa shape index (κ2) is 5.46. The van der Waals surface area contributed by atoms with Crippen molar-refractivity contribution in [3.05, 3.63) is 89.1 Å². The van der Waals surface area contributed by atoms with E-state index in [1.807, 2.05) is 24.3 Å². The van der Waals surface area contributed by atoms with E-state index in [1.165, 1.54) is 40.9 Å². The Kier molecular flexibility index (Phi) is 3.09. The lowest BCUT2D eigenvalue weighted by atomic mass is 9.98. The molecule has 0 spiro atoms. The third-order valence-electron chi connectivity index (χ3n) is 4.78. The third kappa shape index (κ3) is 2.18. The molecule has 124 valence electrons. The molecule has 5 rings (SSSR count). The molecule has 0 fully saturated rings. The number of carbonyl (C=O) groups is 2. The molecule has 1 N–H and O–H groups in total. The normalized spacial score (nSPS) is 14.4. The van der Waals surface area contributed by atoms with Crippen LogP contribution in [0.2, 0.25) is 0 Å². The van der Waals surface area contributed by atoms with Crippen molar-refractivity contribution in [2.75, 3.05) is 5.32 Å². The second-order valence-electron chi connectivity index (χ2n) is 6.37. The van der Waals surface area contributed by atoms with E-state index in [0.29, 0.717) is 0 Å². The molecule has 0 amide bonds. The van der Waals surface area contributed by atoms with Gasteiger partial charge < -0.3 is 5.32 Å². The first-order chi connectivity index (χ1) is 12.7. The maximum atomic E-state index is 12.6. The molecule has 0 saturated heterocycles. The Morgan fingerprint density at radius 2 is 1.77 bits per heavy atom. The zero-order valence-electron chi connectivity index (χ0n) is 13.7. The highest BCUT2D eigenvalue weighted by Gasteiger charge is 2.27.